The molecule has 0 saturated heterocycles. The molecule has 17 heavy (non-hydrogen) atoms. The Kier molecular flexibility index (Phi) is 3.05. The molecule has 0 saturated carbocycles. The summed E-state index contributed by atoms with van der Waals surface area (Å²) in [7, 11) is 0. The third kappa shape index (κ3) is 2.60. The summed E-state index contributed by atoms with van der Waals surface area (Å²) in [6.45, 7) is 0.335. The van der Waals surface area contributed by atoms with Gasteiger partial charge in [0.2, 0.25) is 0 Å². The Balaban J connectivity index is 2.13. The quantitative estimate of drug-likeness (QED) is 0.610. The number of nitrogens with one attached hydrogen (secondary N) is 1. The van der Waals surface area contributed by atoms with Gasteiger partial charge in [0.1, 0.15) is 11.5 Å². The predicted octanol–water partition coefficient (Wildman–Crippen LogP) is 2.29. The van der Waals surface area contributed by atoms with E-state index in [1.807, 2.05) is 12.1 Å². The Bertz CT molecular complexity index is 506. The van der Waals surface area contributed by atoms with E-state index in [4.69, 9.17) is 5.73 Å². The monoisotopic (exact) mass is 230 g/mol. The first kappa shape index (κ1) is 11.1. The normalized spacial score (nSPS) is 10.1. The van der Waals surface area contributed by atoms with Crippen molar-refractivity contribution in [3.05, 3.63) is 48.0 Å². The van der Waals surface area contributed by atoms with E-state index in [-0.39, 0.29) is 11.5 Å². The Morgan fingerprint density at radius 2 is 1.65 bits per heavy atom. The fourth-order valence-electron chi connectivity index (χ4n) is 1.58. The molecule has 0 unspecified atom stereocenters. The van der Waals surface area contributed by atoms with Gasteiger partial charge in [-0.25, -0.2) is 0 Å². The summed E-state index contributed by atoms with van der Waals surface area (Å²) in [5.74, 6) is 0.141. The summed E-state index contributed by atoms with van der Waals surface area (Å²) in [6, 6.07) is 12.0. The number of nitrogens with two attached hydrogens (primary N) is 1. The number of anilines is 2. The highest BCUT2D eigenvalue weighted by Gasteiger charge is 2.06. The molecule has 0 aliphatic rings. The van der Waals surface area contributed by atoms with Crippen LogP contribution in [0.2, 0.25) is 0 Å². The van der Waals surface area contributed by atoms with Gasteiger partial charge in [-0.15, -0.1) is 0 Å². The van der Waals surface area contributed by atoms with E-state index < -0.39 is 0 Å². The summed E-state index contributed by atoms with van der Waals surface area (Å²) >= 11 is 0. The van der Waals surface area contributed by atoms with Crippen LogP contribution in [-0.4, -0.2) is 10.2 Å². The molecule has 0 amide bonds. The standard InChI is InChI=1S/C13H14N2O2/c14-9-3-1-4-10(7-9)15-8-11-12(16)5-2-6-13(11)17/h1-7,15-17H,8,14H2. The maximum atomic E-state index is 9.60. The molecule has 88 valence electrons. The molecule has 4 heteroatoms. The van der Waals surface area contributed by atoms with Crippen LogP contribution in [0, 0.1) is 0 Å². The van der Waals surface area contributed by atoms with E-state index >= 15 is 0 Å². The summed E-state index contributed by atoms with van der Waals surface area (Å²) in [5.41, 5.74) is 7.62. The van der Waals surface area contributed by atoms with E-state index in [0.717, 1.165) is 5.69 Å². The highest BCUT2D eigenvalue weighted by molar-refractivity contribution is 5.55. The Morgan fingerprint density at radius 1 is 1.00 bits per heavy atom. The third-order valence-electron chi connectivity index (χ3n) is 2.48. The van der Waals surface area contributed by atoms with Crippen molar-refractivity contribution in [1.82, 2.24) is 0 Å². The maximum Gasteiger partial charge on any atom is 0.124 e. The molecule has 2 aromatic carbocycles. The van der Waals surface area contributed by atoms with Crippen LogP contribution in [0.5, 0.6) is 11.5 Å². The molecule has 4 nitrogen and oxygen atoms in total. The van der Waals surface area contributed by atoms with Crippen molar-refractivity contribution >= 4 is 11.4 Å². The first-order valence-electron chi connectivity index (χ1n) is 5.26. The van der Waals surface area contributed by atoms with Crippen LogP contribution in [0.3, 0.4) is 0 Å². The molecule has 0 heterocycles. The van der Waals surface area contributed by atoms with Gasteiger partial charge in [-0.3, -0.25) is 0 Å². The Hall–Kier alpha value is -2.36. The summed E-state index contributed by atoms with van der Waals surface area (Å²) < 4.78 is 0. The zero-order chi connectivity index (χ0) is 12.3. The molecule has 0 spiro atoms. The smallest absolute Gasteiger partial charge is 0.124 e. The third-order valence-corrected chi connectivity index (χ3v) is 2.48. The Morgan fingerprint density at radius 3 is 2.29 bits per heavy atom. The minimum atomic E-state index is 0.0707. The fourth-order valence-corrected chi connectivity index (χ4v) is 1.58. The van der Waals surface area contributed by atoms with Gasteiger partial charge < -0.3 is 21.3 Å². The first-order chi connectivity index (χ1) is 8.16. The van der Waals surface area contributed by atoms with E-state index in [0.29, 0.717) is 17.8 Å². The van der Waals surface area contributed by atoms with Crippen LogP contribution >= 0.6 is 0 Å². The van der Waals surface area contributed by atoms with Gasteiger partial charge in [0.15, 0.2) is 0 Å². The van der Waals surface area contributed by atoms with Crippen molar-refractivity contribution in [2.45, 2.75) is 6.54 Å². The zero-order valence-electron chi connectivity index (χ0n) is 9.22. The molecule has 0 radical (unpaired) electrons. The number of rotatable bonds is 3. The van der Waals surface area contributed by atoms with Gasteiger partial charge in [0.05, 0.1) is 5.56 Å². The molecule has 2 rings (SSSR count). The molecular formula is C13H14N2O2. The molecule has 2 aromatic rings. The van der Waals surface area contributed by atoms with E-state index in [1.165, 1.54) is 12.1 Å². The lowest BCUT2D eigenvalue weighted by atomic mass is 10.1. The maximum absolute atomic E-state index is 9.60. The van der Waals surface area contributed by atoms with Crippen LogP contribution in [0.15, 0.2) is 42.5 Å². The highest BCUT2D eigenvalue weighted by atomic mass is 16.3. The van der Waals surface area contributed by atoms with Crippen LogP contribution in [0.1, 0.15) is 5.56 Å². The lowest BCUT2D eigenvalue weighted by molar-refractivity contribution is 0.440. The lowest BCUT2D eigenvalue weighted by Gasteiger charge is -2.10. The molecule has 0 fully saturated rings. The second kappa shape index (κ2) is 4.65. The number of phenolic OH excluding ortho intramolecular Hbond substituents is 2. The molecule has 0 bridgehead atoms. The van der Waals surface area contributed by atoms with Crippen LogP contribution in [0.25, 0.3) is 0 Å². The van der Waals surface area contributed by atoms with Crippen LogP contribution < -0.4 is 11.1 Å². The second-order valence-electron chi connectivity index (χ2n) is 3.75. The molecule has 0 atom stereocenters. The van der Waals surface area contributed by atoms with E-state index in [9.17, 15) is 10.2 Å². The molecule has 0 aliphatic heterocycles. The number of benzene rings is 2. The van der Waals surface area contributed by atoms with Gasteiger partial charge >= 0.3 is 0 Å². The molecule has 0 aliphatic carbocycles. The number of hydrogen-bond donors (Lipinski definition) is 4. The number of phenols is 2. The van der Waals surface area contributed by atoms with Crippen LogP contribution in [0.4, 0.5) is 11.4 Å². The molecule has 5 N–H and O–H groups in total. The van der Waals surface area contributed by atoms with Crippen molar-refractivity contribution in [1.29, 1.82) is 0 Å². The average Bonchev–Trinajstić information content (AvgIpc) is 2.28. The van der Waals surface area contributed by atoms with Gasteiger partial charge in [-0.05, 0) is 30.3 Å². The second-order valence-corrected chi connectivity index (χ2v) is 3.75. The number of nitrogen functional groups attached to an aromatic ring is 1. The fraction of sp³-hybridized carbons (Fsp3) is 0.0769. The van der Waals surface area contributed by atoms with Crippen molar-refractivity contribution in [2.75, 3.05) is 11.1 Å². The summed E-state index contributed by atoms with van der Waals surface area (Å²) in [6.07, 6.45) is 0. The topological polar surface area (TPSA) is 78.5 Å². The predicted molar refractivity (Wildman–Crippen MR) is 68.0 cm³/mol. The first-order valence-corrected chi connectivity index (χ1v) is 5.26. The molecular weight excluding hydrogens is 216 g/mol. The van der Waals surface area contributed by atoms with Gasteiger partial charge in [-0.1, -0.05) is 12.1 Å². The lowest BCUT2D eigenvalue weighted by Crippen LogP contribution is -2.00. The highest BCUT2D eigenvalue weighted by Crippen LogP contribution is 2.27. The number of aromatic hydroxyl groups is 2. The van der Waals surface area contributed by atoms with Gasteiger partial charge in [0, 0.05) is 17.9 Å². The molecule has 0 aromatic heterocycles. The Labute approximate surface area is 99.3 Å². The van der Waals surface area contributed by atoms with Crippen LogP contribution in [-0.2, 0) is 6.54 Å². The van der Waals surface area contributed by atoms with Crippen molar-refractivity contribution < 1.29 is 10.2 Å². The van der Waals surface area contributed by atoms with Crippen molar-refractivity contribution in [3.8, 4) is 11.5 Å². The van der Waals surface area contributed by atoms with Gasteiger partial charge in [-0.2, -0.15) is 0 Å². The van der Waals surface area contributed by atoms with Gasteiger partial charge in [0.25, 0.3) is 0 Å². The van der Waals surface area contributed by atoms with Crippen molar-refractivity contribution in [3.63, 3.8) is 0 Å². The minimum absolute atomic E-state index is 0.0707. The zero-order valence-corrected chi connectivity index (χ0v) is 9.22. The summed E-state index contributed by atoms with van der Waals surface area (Å²) in [4.78, 5) is 0. The minimum Gasteiger partial charge on any atom is -0.507 e. The number of hydrogen-bond acceptors (Lipinski definition) is 4. The largest absolute Gasteiger partial charge is 0.507 e. The summed E-state index contributed by atoms with van der Waals surface area (Å²) in [5, 5.41) is 22.3. The average molecular weight is 230 g/mol. The SMILES string of the molecule is Nc1cccc(NCc2c(O)cccc2O)c1. The van der Waals surface area contributed by atoms with E-state index in [1.54, 1.807) is 18.2 Å². The van der Waals surface area contributed by atoms with E-state index in [2.05, 4.69) is 5.32 Å². The van der Waals surface area contributed by atoms with Crippen molar-refractivity contribution in [2.24, 2.45) is 0 Å².